The number of fused-ring (bicyclic) bond motifs is 1. The van der Waals surface area contributed by atoms with Gasteiger partial charge in [0.05, 0.1) is 23.2 Å². The summed E-state index contributed by atoms with van der Waals surface area (Å²) in [6, 6.07) is 7.60. The summed E-state index contributed by atoms with van der Waals surface area (Å²) in [7, 11) is 5.17. The summed E-state index contributed by atoms with van der Waals surface area (Å²) in [5.41, 5.74) is 1.90. The molecule has 0 spiro atoms. The van der Waals surface area contributed by atoms with Gasteiger partial charge in [0.1, 0.15) is 17.6 Å². The second-order valence-corrected chi connectivity index (χ2v) is 9.66. The normalized spacial score (nSPS) is 21.2. The van der Waals surface area contributed by atoms with Crippen LogP contribution in [0.4, 0.5) is 0 Å². The number of halogens is 1. The van der Waals surface area contributed by atoms with E-state index in [0.29, 0.717) is 28.6 Å². The molecule has 0 radical (unpaired) electrons. The number of rotatable bonds is 6. The minimum Gasteiger partial charge on any atom is -0.507 e. The number of ketones is 1. The van der Waals surface area contributed by atoms with Gasteiger partial charge in [0.2, 0.25) is 0 Å². The summed E-state index contributed by atoms with van der Waals surface area (Å²) in [5.74, 6) is -0.847. The van der Waals surface area contributed by atoms with Crippen LogP contribution in [-0.2, 0) is 16.0 Å². The van der Waals surface area contributed by atoms with Gasteiger partial charge in [-0.3, -0.25) is 9.59 Å². The van der Waals surface area contributed by atoms with Gasteiger partial charge >= 0.3 is 0 Å². The topological polar surface area (TPSA) is 99.5 Å². The molecule has 2 aromatic carbocycles. The number of aliphatic hydroxyl groups excluding tert-OH is 1. The third-order valence-corrected chi connectivity index (χ3v) is 6.69. The van der Waals surface area contributed by atoms with Gasteiger partial charge in [-0.15, -0.1) is 0 Å². The molecule has 0 aliphatic carbocycles. The van der Waals surface area contributed by atoms with Crippen molar-refractivity contribution < 1.29 is 29.3 Å². The number of methoxy groups -OCH3 is 1. The predicted octanol–water partition coefficient (Wildman–Crippen LogP) is 3.47. The number of carbonyl (C=O) groups is 2. The van der Waals surface area contributed by atoms with E-state index in [1.54, 1.807) is 30.3 Å². The molecule has 2 aliphatic rings. The fourth-order valence-corrected chi connectivity index (χ4v) is 4.86. The number of aliphatic hydroxyl groups is 1. The van der Waals surface area contributed by atoms with Crippen LogP contribution < -0.4 is 9.47 Å². The SMILES string of the molecule is COc1cc(C2/C(=C(/O)c3ccc4c(c3)CC(C)O4)C(=O)C(=O)N2CCN(C)C)cc(Br)c1O. The standard InChI is InChI=1S/C25H27BrN2O6/c1-13-9-15-10-14(5-6-18(15)34-13)22(29)20-21(16-11-17(26)23(30)19(12-16)33-4)28(8-7-27(2)3)25(32)24(20)31/h5-6,10-13,21,29-30H,7-9H2,1-4H3/b22-20-. The zero-order valence-electron chi connectivity index (χ0n) is 19.5. The predicted molar refractivity (Wildman–Crippen MR) is 130 cm³/mol. The van der Waals surface area contributed by atoms with Crippen molar-refractivity contribution in [1.82, 2.24) is 9.80 Å². The molecule has 2 aliphatic heterocycles. The summed E-state index contributed by atoms with van der Waals surface area (Å²) in [6.07, 6.45) is 0.727. The molecule has 0 bridgehead atoms. The van der Waals surface area contributed by atoms with Crippen molar-refractivity contribution in [3.05, 3.63) is 57.1 Å². The molecule has 34 heavy (non-hydrogen) atoms. The first kappa shape index (κ1) is 24.1. The summed E-state index contributed by atoms with van der Waals surface area (Å²) in [5, 5.41) is 21.6. The number of phenolic OH excluding ortho intramolecular Hbond substituents is 1. The molecule has 1 saturated heterocycles. The molecular formula is C25H27BrN2O6. The molecule has 2 atom stereocenters. The number of Topliss-reactive ketones (excluding diaryl/α,β-unsaturated/α-hetero) is 1. The van der Waals surface area contributed by atoms with E-state index < -0.39 is 17.7 Å². The van der Waals surface area contributed by atoms with Crippen molar-refractivity contribution in [3.63, 3.8) is 0 Å². The largest absolute Gasteiger partial charge is 0.507 e. The first-order valence-electron chi connectivity index (χ1n) is 10.9. The highest BCUT2D eigenvalue weighted by Crippen LogP contribution is 2.44. The van der Waals surface area contributed by atoms with E-state index in [9.17, 15) is 19.8 Å². The average molecular weight is 531 g/mol. The molecule has 9 heteroatoms. The molecule has 1 fully saturated rings. The Kier molecular flexibility index (Phi) is 6.60. The van der Waals surface area contributed by atoms with Crippen molar-refractivity contribution >= 4 is 33.4 Å². The number of likely N-dealkylation sites (N-methyl/N-ethyl adjacent to an activating group) is 1. The van der Waals surface area contributed by atoms with E-state index in [-0.39, 0.29) is 35.5 Å². The Balaban J connectivity index is 1.87. The van der Waals surface area contributed by atoms with Crippen LogP contribution in [0.25, 0.3) is 5.76 Å². The lowest BCUT2D eigenvalue weighted by molar-refractivity contribution is -0.140. The van der Waals surface area contributed by atoms with Crippen LogP contribution in [0, 0.1) is 0 Å². The van der Waals surface area contributed by atoms with E-state index in [1.165, 1.54) is 12.0 Å². The number of phenols is 1. The van der Waals surface area contributed by atoms with Crippen molar-refractivity contribution in [3.8, 4) is 17.2 Å². The third-order valence-electron chi connectivity index (χ3n) is 6.08. The molecule has 4 rings (SSSR count). The Hall–Kier alpha value is -3.04. The second kappa shape index (κ2) is 9.31. The Morgan fingerprint density at radius 1 is 1.26 bits per heavy atom. The van der Waals surface area contributed by atoms with E-state index >= 15 is 0 Å². The van der Waals surface area contributed by atoms with Gasteiger partial charge < -0.3 is 29.5 Å². The van der Waals surface area contributed by atoms with Crippen LogP contribution >= 0.6 is 15.9 Å². The Bertz CT molecular complexity index is 1190. The van der Waals surface area contributed by atoms with E-state index in [2.05, 4.69) is 15.9 Å². The van der Waals surface area contributed by atoms with Gasteiger partial charge in [-0.2, -0.15) is 0 Å². The van der Waals surface area contributed by atoms with Gasteiger partial charge in [-0.25, -0.2) is 0 Å². The number of aromatic hydroxyl groups is 1. The molecule has 0 aromatic heterocycles. The van der Waals surface area contributed by atoms with E-state index in [1.807, 2.05) is 25.9 Å². The minimum atomic E-state index is -0.853. The lowest BCUT2D eigenvalue weighted by Crippen LogP contribution is -2.35. The molecule has 2 aromatic rings. The fourth-order valence-electron chi connectivity index (χ4n) is 4.40. The lowest BCUT2D eigenvalue weighted by Gasteiger charge is -2.27. The summed E-state index contributed by atoms with van der Waals surface area (Å²) in [4.78, 5) is 29.7. The number of ether oxygens (including phenoxy) is 2. The molecule has 2 N–H and O–H groups in total. The van der Waals surface area contributed by atoms with Crippen LogP contribution in [0.5, 0.6) is 17.2 Å². The zero-order valence-corrected chi connectivity index (χ0v) is 21.0. The maximum absolute atomic E-state index is 13.2. The number of carbonyl (C=O) groups excluding carboxylic acids is 2. The first-order chi connectivity index (χ1) is 16.1. The van der Waals surface area contributed by atoms with Gasteiger partial charge in [0.15, 0.2) is 11.5 Å². The maximum Gasteiger partial charge on any atom is 0.295 e. The minimum absolute atomic E-state index is 0.00434. The third kappa shape index (κ3) is 4.25. The molecule has 2 heterocycles. The van der Waals surface area contributed by atoms with Crippen molar-refractivity contribution in [2.24, 2.45) is 0 Å². The Labute approximate surface area is 206 Å². The van der Waals surface area contributed by atoms with Crippen LogP contribution in [-0.4, -0.2) is 72.1 Å². The van der Waals surface area contributed by atoms with E-state index in [4.69, 9.17) is 9.47 Å². The number of benzene rings is 2. The fraction of sp³-hybridized carbons (Fsp3) is 0.360. The summed E-state index contributed by atoms with van der Waals surface area (Å²) >= 11 is 3.32. The van der Waals surface area contributed by atoms with Crippen molar-refractivity contribution in [1.29, 1.82) is 0 Å². The monoisotopic (exact) mass is 530 g/mol. The average Bonchev–Trinajstić information content (AvgIpc) is 3.29. The van der Waals surface area contributed by atoms with Gasteiger partial charge in [-0.05, 0) is 78.4 Å². The molecule has 0 saturated carbocycles. The van der Waals surface area contributed by atoms with Crippen molar-refractivity contribution in [2.75, 3.05) is 34.3 Å². The lowest BCUT2D eigenvalue weighted by atomic mass is 9.94. The second-order valence-electron chi connectivity index (χ2n) is 8.80. The number of hydrogen-bond donors (Lipinski definition) is 2. The molecule has 8 nitrogen and oxygen atoms in total. The first-order valence-corrected chi connectivity index (χ1v) is 11.7. The van der Waals surface area contributed by atoms with E-state index in [0.717, 1.165) is 11.3 Å². The smallest absolute Gasteiger partial charge is 0.295 e. The summed E-state index contributed by atoms with van der Waals surface area (Å²) in [6.45, 7) is 2.76. The van der Waals surface area contributed by atoms with Crippen LogP contribution in [0.15, 0.2) is 40.4 Å². The maximum atomic E-state index is 13.2. The Morgan fingerprint density at radius 2 is 2.00 bits per heavy atom. The number of amides is 1. The number of likely N-dealkylation sites (tertiary alicyclic amines) is 1. The summed E-state index contributed by atoms with van der Waals surface area (Å²) < 4.78 is 11.4. The highest BCUT2D eigenvalue weighted by atomic mass is 79.9. The molecule has 1 amide bonds. The number of nitrogens with zero attached hydrogens (tertiary/aromatic N) is 2. The number of hydrogen-bond acceptors (Lipinski definition) is 7. The molecule has 180 valence electrons. The van der Waals surface area contributed by atoms with Gasteiger partial charge in [0.25, 0.3) is 11.7 Å². The van der Waals surface area contributed by atoms with Gasteiger partial charge in [-0.1, -0.05) is 0 Å². The van der Waals surface area contributed by atoms with Crippen LogP contribution in [0.3, 0.4) is 0 Å². The van der Waals surface area contributed by atoms with Gasteiger partial charge in [0, 0.05) is 25.1 Å². The molecule has 2 unspecified atom stereocenters. The Morgan fingerprint density at radius 3 is 2.68 bits per heavy atom. The van der Waals surface area contributed by atoms with Crippen LogP contribution in [0.1, 0.15) is 29.7 Å². The quantitative estimate of drug-likeness (QED) is 0.335. The molecular weight excluding hydrogens is 504 g/mol. The van der Waals surface area contributed by atoms with Crippen LogP contribution in [0.2, 0.25) is 0 Å². The highest BCUT2D eigenvalue weighted by molar-refractivity contribution is 9.10. The zero-order chi connectivity index (χ0) is 24.7. The highest BCUT2D eigenvalue weighted by Gasteiger charge is 2.46. The van der Waals surface area contributed by atoms with Crippen molar-refractivity contribution in [2.45, 2.75) is 25.5 Å².